The summed E-state index contributed by atoms with van der Waals surface area (Å²) in [5.41, 5.74) is 0.142. The van der Waals surface area contributed by atoms with Gasteiger partial charge in [0.1, 0.15) is 0 Å². The minimum atomic E-state index is 0.142. The van der Waals surface area contributed by atoms with Gasteiger partial charge in [-0.05, 0) is 56.3 Å². The molecule has 1 aliphatic heterocycles. The summed E-state index contributed by atoms with van der Waals surface area (Å²) in [4.78, 5) is 0. The zero-order valence-electron chi connectivity index (χ0n) is 15.0. The molecule has 1 saturated carbocycles. The van der Waals surface area contributed by atoms with E-state index >= 15 is 0 Å². The van der Waals surface area contributed by atoms with Crippen LogP contribution in [0.2, 0.25) is 0 Å². The summed E-state index contributed by atoms with van der Waals surface area (Å²) in [6.07, 6.45) is 8.89. The van der Waals surface area contributed by atoms with Crippen molar-refractivity contribution in [1.29, 1.82) is 0 Å². The van der Waals surface area contributed by atoms with Crippen molar-refractivity contribution in [2.45, 2.75) is 97.2 Å². The van der Waals surface area contributed by atoms with E-state index in [1.165, 1.54) is 32.1 Å². The van der Waals surface area contributed by atoms with Crippen molar-refractivity contribution in [2.24, 2.45) is 17.8 Å². The summed E-state index contributed by atoms with van der Waals surface area (Å²) >= 11 is 0. The Bertz CT molecular complexity index is 311. The molecule has 0 aromatic carbocycles. The Kier molecular flexibility index (Phi) is 6.14. The third-order valence-corrected chi connectivity index (χ3v) is 6.25. The first kappa shape index (κ1) is 17.3. The van der Waals surface area contributed by atoms with Crippen LogP contribution in [0.3, 0.4) is 0 Å². The zero-order chi connectivity index (χ0) is 15.5. The van der Waals surface area contributed by atoms with Crippen LogP contribution in [-0.2, 0) is 4.74 Å². The highest BCUT2D eigenvalue weighted by molar-refractivity contribution is 4.93. The van der Waals surface area contributed by atoms with Gasteiger partial charge in [0.05, 0.1) is 5.60 Å². The van der Waals surface area contributed by atoms with Crippen LogP contribution in [0, 0.1) is 17.8 Å². The van der Waals surface area contributed by atoms with Crippen LogP contribution in [0.25, 0.3) is 0 Å². The monoisotopic (exact) mass is 295 g/mol. The van der Waals surface area contributed by atoms with Gasteiger partial charge in [-0.15, -0.1) is 0 Å². The predicted octanol–water partition coefficient (Wildman–Crippen LogP) is 4.77. The molecule has 0 amide bonds. The first-order chi connectivity index (χ1) is 9.99. The van der Waals surface area contributed by atoms with Gasteiger partial charge in [0.2, 0.25) is 0 Å². The molecule has 0 aromatic rings. The SMILES string of the molecule is CCC1(CC)CC(NC2CC(C)CCC2C(C)C)CCO1. The summed E-state index contributed by atoms with van der Waals surface area (Å²) in [5, 5.41) is 4.06. The average molecular weight is 296 g/mol. The van der Waals surface area contributed by atoms with E-state index < -0.39 is 0 Å². The van der Waals surface area contributed by atoms with E-state index in [0.717, 1.165) is 43.2 Å². The van der Waals surface area contributed by atoms with Crippen LogP contribution in [0.1, 0.15) is 79.6 Å². The topological polar surface area (TPSA) is 21.3 Å². The van der Waals surface area contributed by atoms with E-state index in [1.54, 1.807) is 0 Å². The molecular formula is C19H37NO. The van der Waals surface area contributed by atoms with E-state index in [2.05, 4.69) is 39.9 Å². The molecule has 2 heteroatoms. The molecule has 0 spiro atoms. The largest absolute Gasteiger partial charge is 0.375 e. The molecule has 4 atom stereocenters. The number of hydrogen-bond acceptors (Lipinski definition) is 2. The lowest BCUT2D eigenvalue weighted by molar-refractivity contribution is -0.0957. The molecule has 2 fully saturated rings. The van der Waals surface area contributed by atoms with Crippen molar-refractivity contribution in [3.63, 3.8) is 0 Å². The van der Waals surface area contributed by atoms with Crippen LogP contribution < -0.4 is 5.32 Å². The molecule has 2 aliphatic rings. The van der Waals surface area contributed by atoms with E-state index in [9.17, 15) is 0 Å². The van der Waals surface area contributed by atoms with Crippen molar-refractivity contribution in [1.82, 2.24) is 5.32 Å². The molecule has 0 bridgehead atoms. The standard InChI is InChI=1S/C19H37NO/c1-6-19(7-2)13-16(10-11-21-19)20-18-12-15(5)8-9-17(18)14(3)4/h14-18,20H,6-13H2,1-5H3. The van der Waals surface area contributed by atoms with E-state index in [1.807, 2.05) is 0 Å². The second-order valence-electron chi connectivity index (χ2n) is 8.03. The molecule has 0 aromatic heterocycles. The van der Waals surface area contributed by atoms with Gasteiger partial charge in [-0.2, -0.15) is 0 Å². The maximum atomic E-state index is 6.14. The Hall–Kier alpha value is -0.0800. The maximum Gasteiger partial charge on any atom is 0.0692 e. The highest BCUT2D eigenvalue weighted by Crippen LogP contribution is 2.36. The molecule has 4 unspecified atom stereocenters. The summed E-state index contributed by atoms with van der Waals surface area (Å²) in [6, 6.07) is 1.39. The van der Waals surface area contributed by atoms with Gasteiger partial charge in [-0.3, -0.25) is 0 Å². The highest BCUT2D eigenvalue weighted by atomic mass is 16.5. The van der Waals surface area contributed by atoms with Crippen LogP contribution in [0.15, 0.2) is 0 Å². The van der Waals surface area contributed by atoms with Crippen molar-refractivity contribution < 1.29 is 4.74 Å². The lowest BCUT2D eigenvalue weighted by atomic mass is 9.73. The van der Waals surface area contributed by atoms with E-state index in [-0.39, 0.29) is 5.60 Å². The molecule has 2 rings (SSSR count). The Morgan fingerprint density at radius 1 is 1.14 bits per heavy atom. The molecule has 2 nitrogen and oxygen atoms in total. The lowest BCUT2D eigenvalue weighted by Gasteiger charge is -2.45. The van der Waals surface area contributed by atoms with Crippen molar-refractivity contribution >= 4 is 0 Å². The molecule has 1 N–H and O–H groups in total. The summed E-state index contributed by atoms with van der Waals surface area (Å²) < 4.78 is 6.14. The molecule has 124 valence electrons. The van der Waals surface area contributed by atoms with Crippen LogP contribution in [-0.4, -0.2) is 24.3 Å². The van der Waals surface area contributed by atoms with Crippen molar-refractivity contribution in [3.05, 3.63) is 0 Å². The maximum absolute atomic E-state index is 6.14. The number of nitrogens with one attached hydrogen (secondary N) is 1. The number of rotatable bonds is 5. The predicted molar refractivity (Wildman–Crippen MR) is 90.6 cm³/mol. The van der Waals surface area contributed by atoms with E-state index in [0.29, 0.717) is 6.04 Å². The minimum Gasteiger partial charge on any atom is -0.375 e. The zero-order valence-corrected chi connectivity index (χ0v) is 15.0. The molecule has 21 heavy (non-hydrogen) atoms. The number of hydrogen-bond donors (Lipinski definition) is 1. The Balaban J connectivity index is 1.98. The highest BCUT2D eigenvalue weighted by Gasteiger charge is 2.37. The molecule has 0 radical (unpaired) electrons. The molecule has 1 heterocycles. The van der Waals surface area contributed by atoms with Crippen LogP contribution >= 0.6 is 0 Å². The third kappa shape index (κ3) is 4.22. The fourth-order valence-electron chi connectivity index (χ4n) is 4.61. The molecule has 1 saturated heterocycles. The van der Waals surface area contributed by atoms with Gasteiger partial charge >= 0.3 is 0 Å². The molecular weight excluding hydrogens is 258 g/mol. The second kappa shape index (κ2) is 7.46. The second-order valence-corrected chi connectivity index (χ2v) is 8.03. The summed E-state index contributed by atoms with van der Waals surface area (Å²) in [7, 11) is 0. The van der Waals surface area contributed by atoms with Gasteiger partial charge in [0, 0.05) is 18.7 Å². The van der Waals surface area contributed by atoms with Gasteiger partial charge in [-0.1, -0.05) is 41.0 Å². The van der Waals surface area contributed by atoms with Crippen molar-refractivity contribution in [3.8, 4) is 0 Å². The first-order valence-electron chi connectivity index (χ1n) is 9.39. The first-order valence-corrected chi connectivity index (χ1v) is 9.39. The fraction of sp³-hybridized carbons (Fsp3) is 1.00. The van der Waals surface area contributed by atoms with Gasteiger partial charge in [-0.25, -0.2) is 0 Å². The van der Waals surface area contributed by atoms with Gasteiger partial charge in [0.15, 0.2) is 0 Å². The Morgan fingerprint density at radius 2 is 1.86 bits per heavy atom. The number of ether oxygens (including phenoxy) is 1. The van der Waals surface area contributed by atoms with E-state index in [4.69, 9.17) is 4.74 Å². The van der Waals surface area contributed by atoms with Crippen molar-refractivity contribution in [2.75, 3.05) is 6.61 Å². The normalized spacial score (nSPS) is 36.9. The smallest absolute Gasteiger partial charge is 0.0692 e. The Morgan fingerprint density at radius 3 is 2.48 bits per heavy atom. The fourth-order valence-corrected chi connectivity index (χ4v) is 4.61. The van der Waals surface area contributed by atoms with Gasteiger partial charge in [0.25, 0.3) is 0 Å². The van der Waals surface area contributed by atoms with Crippen LogP contribution in [0.4, 0.5) is 0 Å². The quantitative estimate of drug-likeness (QED) is 0.788. The third-order valence-electron chi connectivity index (χ3n) is 6.25. The minimum absolute atomic E-state index is 0.142. The lowest BCUT2D eigenvalue weighted by Crippen LogP contribution is -2.53. The van der Waals surface area contributed by atoms with Crippen LogP contribution in [0.5, 0.6) is 0 Å². The average Bonchev–Trinajstić information content (AvgIpc) is 2.47. The molecule has 1 aliphatic carbocycles. The Labute approximate surface area is 132 Å². The summed E-state index contributed by atoms with van der Waals surface area (Å²) in [5.74, 6) is 2.55. The van der Waals surface area contributed by atoms with Gasteiger partial charge < -0.3 is 10.1 Å². The summed E-state index contributed by atoms with van der Waals surface area (Å²) in [6.45, 7) is 12.7.